The number of benzene rings is 2. The third-order valence-corrected chi connectivity index (χ3v) is 11.5. The molecule has 4 rings (SSSR count). The van der Waals surface area contributed by atoms with Crippen molar-refractivity contribution in [1.82, 2.24) is 0 Å². The van der Waals surface area contributed by atoms with Crippen molar-refractivity contribution in [2.24, 2.45) is 5.92 Å². The average molecular weight is 437 g/mol. The molecule has 2 aliphatic rings. The molecular formula is C25H28O5Si. The van der Waals surface area contributed by atoms with E-state index < -0.39 is 14.1 Å². The van der Waals surface area contributed by atoms with Gasteiger partial charge in [0.05, 0.1) is 5.56 Å². The van der Waals surface area contributed by atoms with E-state index in [1.54, 1.807) is 12.1 Å². The van der Waals surface area contributed by atoms with E-state index in [1.807, 2.05) is 0 Å². The first-order chi connectivity index (χ1) is 14.4. The molecule has 6 heteroatoms. The van der Waals surface area contributed by atoms with Crippen LogP contribution < -0.4 is 0 Å². The van der Waals surface area contributed by atoms with Crippen molar-refractivity contribution in [3.63, 3.8) is 0 Å². The predicted octanol–water partition coefficient (Wildman–Crippen LogP) is 4.93. The molecule has 0 amide bonds. The van der Waals surface area contributed by atoms with E-state index in [1.165, 1.54) is 18.2 Å². The van der Waals surface area contributed by atoms with E-state index >= 15 is 0 Å². The van der Waals surface area contributed by atoms with Crippen LogP contribution in [0.1, 0.15) is 75.0 Å². The molecule has 0 saturated heterocycles. The number of phenolic OH excluding ortho intramolecular Hbond substituents is 1. The molecular weight excluding hydrogens is 408 g/mol. The Labute approximate surface area is 183 Å². The zero-order chi connectivity index (χ0) is 22.7. The molecule has 0 aromatic heterocycles. The molecule has 1 N–H and O–H groups in total. The molecule has 0 spiro atoms. The van der Waals surface area contributed by atoms with E-state index in [0.717, 1.165) is 5.56 Å². The molecule has 0 heterocycles. The number of hydrogen-bond donors (Lipinski definition) is 1. The minimum Gasteiger partial charge on any atom is -0.507 e. The second-order valence-electron chi connectivity index (χ2n) is 10.1. The first-order valence-corrected chi connectivity index (χ1v) is 13.6. The molecule has 0 aliphatic heterocycles. The number of ketones is 3. The largest absolute Gasteiger partial charge is 0.507 e. The molecule has 0 bridgehead atoms. The SMILES string of the molecule is CC(C)(C)[Si](C)(C)OC[C@@H]1CC(=O)c2c(ccc3c2C(=O)c2cccc(O)c2C3=O)C1. The molecule has 1 atom stereocenters. The van der Waals surface area contributed by atoms with Gasteiger partial charge in [0.25, 0.3) is 0 Å². The second kappa shape index (κ2) is 7.24. The van der Waals surface area contributed by atoms with E-state index in [-0.39, 0.29) is 50.5 Å². The number of rotatable bonds is 3. The normalized spacial score (nSPS) is 18.5. The van der Waals surface area contributed by atoms with Gasteiger partial charge in [0.1, 0.15) is 5.75 Å². The fraction of sp³-hybridized carbons (Fsp3) is 0.400. The third kappa shape index (κ3) is 3.48. The fourth-order valence-electron chi connectivity index (χ4n) is 4.20. The summed E-state index contributed by atoms with van der Waals surface area (Å²) in [6, 6.07) is 7.86. The first-order valence-electron chi connectivity index (χ1n) is 10.7. The summed E-state index contributed by atoms with van der Waals surface area (Å²) in [5.41, 5.74) is 1.72. The van der Waals surface area contributed by atoms with Gasteiger partial charge >= 0.3 is 0 Å². The number of fused-ring (bicyclic) bond motifs is 4. The quantitative estimate of drug-likeness (QED) is 0.589. The fourth-order valence-corrected chi connectivity index (χ4v) is 5.29. The highest BCUT2D eigenvalue weighted by molar-refractivity contribution is 6.74. The van der Waals surface area contributed by atoms with Crippen molar-refractivity contribution in [3.8, 4) is 5.75 Å². The smallest absolute Gasteiger partial charge is 0.198 e. The summed E-state index contributed by atoms with van der Waals surface area (Å²) in [6.45, 7) is 11.5. The molecule has 2 aliphatic carbocycles. The molecule has 162 valence electrons. The summed E-state index contributed by atoms with van der Waals surface area (Å²) in [7, 11) is -1.92. The Morgan fingerprint density at radius 3 is 2.26 bits per heavy atom. The number of carbonyl (C=O) groups is 3. The Hall–Kier alpha value is -2.57. The lowest BCUT2D eigenvalue weighted by atomic mass is 9.74. The maximum atomic E-state index is 13.2. The van der Waals surface area contributed by atoms with Crippen molar-refractivity contribution in [2.45, 2.75) is 51.7 Å². The van der Waals surface area contributed by atoms with E-state index in [9.17, 15) is 19.5 Å². The summed E-state index contributed by atoms with van der Waals surface area (Å²) >= 11 is 0. The van der Waals surface area contributed by atoms with Gasteiger partial charge in [-0.3, -0.25) is 14.4 Å². The molecule has 5 nitrogen and oxygen atoms in total. The summed E-state index contributed by atoms with van der Waals surface area (Å²) in [6.07, 6.45) is 0.934. The van der Waals surface area contributed by atoms with Gasteiger partial charge < -0.3 is 9.53 Å². The molecule has 0 unspecified atom stereocenters. The predicted molar refractivity (Wildman–Crippen MR) is 121 cm³/mol. The summed E-state index contributed by atoms with van der Waals surface area (Å²) in [5.74, 6) is -1.07. The molecule has 0 saturated carbocycles. The highest BCUT2D eigenvalue weighted by Gasteiger charge is 2.40. The Morgan fingerprint density at radius 2 is 1.58 bits per heavy atom. The Kier molecular flexibility index (Phi) is 5.06. The molecule has 2 aromatic carbocycles. The van der Waals surface area contributed by atoms with Crippen LogP contribution in [0.4, 0.5) is 0 Å². The van der Waals surface area contributed by atoms with Gasteiger partial charge in [0, 0.05) is 35.3 Å². The molecule has 31 heavy (non-hydrogen) atoms. The van der Waals surface area contributed by atoms with E-state index in [0.29, 0.717) is 25.0 Å². The Morgan fingerprint density at radius 1 is 0.935 bits per heavy atom. The lowest BCUT2D eigenvalue weighted by Crippen LogP contribution is -2.42. The van der Waals surface area contributed by atoms with Gasteiger partial charge in [0.2, 0.25) is 0 Å². The van der Waals surface area contributed by atoms with Crippen LogP contribution in [0, 0.1) is 5.92 Å². The number of Topliss-reactive ketones (excluding diaryl/α,β-unsaturated/α-hetero) is 1. The average Bonchev–Trinajstić information content (AvgIpc) is 2.69. The summed E-state index contributed by atoms with van der Waals surface area (Å²) < 4.78 is 6.35. The summed E-state index contributed by atoms with van der Waals surface area (Å²) in [4.78, 5) is 39.4. The zero-order valence-electron chi connectivity index (χ0n) is 18.7. The first kappa shape index (κ1) is 21.7. The molecule has 0 fully saturated rings. The van der Waals surface area contributed by atoms with Gasteiger partial charge in [-0.2, -0.15) is 0 Å². The number of carbonyl (C=O) groups excluding carboxylic acids is 3. The van der Waals surface area contributed by atoms with Crippen LogP contribution in [0.2, 0.25) is 18.1 Å². The maximum Gasteiger partial charge on any atom is 0.198 e. The zero-order valence-corrected chi connectivity index (χ0v) is 19.7. The molecule has 2 aromatic rings. The Bertz CT molecular complexity index is 1120. The van der Waals surface area contributed by atoms with Gasteiger partial charge in [-0.25, -0.2) is 0 Å². The highest BCUT2D eigenvalue weighted by atomic mass is 28.4. The topological polar surface area (TPSA) is 80.7 Å². The number of phenols is 1. The monoisotopic (exact) mass is 436 g/mol. The second-order valence-corrected chi connectivity index (χ2v) is 15.0. The van der Waals surface area contributed by atoms with Gasteiger partial charge in [-0.15, -0.1) is 0 Å². The van der Waals surface area contributed by atoms with Crippen molar-refractivity contribution >= 4 is 25.7 Å². The van der Waals surface area contributed by atoms with Crippen LogP contribution in [0.3, 0.4) is 0 Å². The highest BCUT2D eigenvalue weighted by Crippen LogP contribution is 2.40. The van der Waals surface area contributed by atoms with Crippen molar-refractivity contribution in [1.29, 1.82) is 0 Å². The molecule has 0 radical (unpaired) electrons. The number of aromatic hydroxyl groups is 1. The minimum atomic E-state index is -1.92. The lowest BCUT2D eigenvalue weighted by molar-refractivity contribution is 0.0909. The lowest BCUT2D eigenvalue weighted by Gasteiger charge is -2.38. The van der Waals surface area contributed by atoms with Gasteiger partial charge in [-0.1, -0.05) is 39.0 Å². The van der Waals surface area contributed by atoms with Gasteiger partial charge in [0.15, 0.2) is 25.7 Å². The Balaban J connectivity index is 1.68. The standard InChI is InChI=1S/C25H28O5Si/c1-25(2,3)31(4,5)30-13-14-11-15-9-10-17-22(20(15)19(27)12-14)24(29)16-7-6-8-18(26)21(16)23(17)28/h6-10,14,26H,11-13H2,1-5H3/t14-/m0/s1. The van der Waals surface area contributed by atoms with E-state index in [4.69, 9.17) is 4.43 Å². The van der Waals surface area contributed by atoms with Crippen LogP contribution in [0.15, 0.2) is 30.3 Å². The number of hydrogen-bond acceptors (Lipinski definition) is 5. The van der Waals surface area contributed by atoms with Crippen LogP contribution in [-0.4, -0.2) is 37.4 Å². The van der Waals surface area contributed by atoms with Gasteiger partial charge in [-0.05, 0) is 48.2 Å². The maximum absolute atomic E-state index is 13.2. The summed E-state index contributed by atoms with van der Waals surface area (Å²) in [5, 5.41) is 10.2. The third-order valence-electron chi connectivity index (χ3n) is 7.03. The van der Waals surface area contributed by atoms with Crippen molar-refractivity contribution in [2.75, 3.05) is 6.61 Å². The minimum absolute atomic E-state index is 0.0175. The van der Waals surface area contributed by atoms with Crippen molar-refractivity contribution in [3.05, 3.63) is 63.7 Å². The van der Waals surface area contributed by atoms with E-state index in [2.05, 4.69) is 33.9 Å². The van der Waals surface area contributed by atoms with Crippen LogP contribution >= 0.6 is 0 Å². The van der Waals surface area contributed by atoms with Crippen LogP contribution in [-0.2, 0) is 10.8 Å². The van der Waals surface area contributed by atoms with Crippen LogP contribution in [0.5, 0.6) is 5.75 Å². The van der Waals surface area contributed by atoms with Crippen molar-refractivity contribution < 1.29 is 23.9 Å². The van der Waals surface area contributed by atoms with Crippen LogP contribution in [0.25, 0.3) is 0 Å².